The smallest absolute Gasteiger partial charge is 0.185 e. The maximum absolute atomic E-state index is 6.20. The first-order valence-electron chi connectivity index (χ1n) is 9.79. The van der Waals surface area contributed by atoms with Gasteiger partial charge in [0.15, 0.2) is 22.5 Å². The van der Waals surface area contributed by atoms with Crippen LogP contribution in [-0.4, -0.2) is 29.9 Å². The van der Waals surface area contributed by atoms with E-state index < -0.39 is 0 Å². The molecule has 1 aromatic heterocycles. The maximum atomic E-state index is 6.20. The zero-order valence-electron chi connectivity index (χ0n) is 17.0. The van der Waals surface area contributed by atoms with Crippen LogP contribution in [0.25, 0.3) is 11.0 Å². The zero-order valence-corrected chi connectivity index (χ0v) is 17.7. The Kier molecular flexibility index (Phi) is 6.59. The first kappa shape index (κ1) is 20.6. The number of hydrazone groups is 1. The largest absolute Gasteiger partial charge is 0.493 e. The highest BCUT2D eigenvalue weighted by atomic mass is 35.5. The van der Waals surface area contributed by atoms with E-state index in [2.05, 4.69) is 32.6 Å². The van der Waals surface area contributed by atoms with Gasteiger partial charge in [-0.15, -0.1) is 0 Å². The SMILES string of the molecule is COc1cc(/C=N/Nc2nc3ccccc3nc2Cl)ccc1OCCc1ccccc1. The average Bonchev–Trinajstić information content (AvgIpc) is 2.80. The summed E-state index contributed by atoms with van der Waals surface area (Å²) in [6, 6.07) is 23.4. The lowest BCUT2D eigenvalue weighted by atomic mass is 10.2. The summed E-state index contributed by atoms with van der Waals surface area (Å²) in [5, 5.41) is 4.49. The molecule has 156 valence electrons. The summed E-state index contributed by atoms with van der Waals surface area (Å²) in [7, 11) is 1.61. The van der Waals surface area contributed by atoms with Gasteiger partial charge >= 0.3 is 0 Å². The van der Waals surface area contributed by atoms with E-state index in [4.69, 9.17) is 21.1 Å². The molecule has 0 spiro atoms. The van der Waals surface area contributed by atoms with Gasteiger partial charge < -0.3 is 9.47 Å². The van der Waals surface area contributed by atoms with Crippen molar-refractivity contribution in [1.82, 2.24) is 9.97 Å². The van der Waals surface area contributed by atoms with Crippen LogP contribution in [0, 0.1) is 0 Å². The van der Waals surface area contributed by atoms with E-state index in [1.54, 1.807) is 13.3 Å². The minimum Gasteiger partial charge on any atom is -0.493 e. The van der Waals surface area contributed by atoms with Crippen molar-refractivity contribution in [1.29, 1.82) is 0 Å². The number of rotatable bonds is 8. The molecule has 0 saturated carbocycles. The Labute approximate surface area is 185 Å². The molecule has 4 aromatic rings. The fourth-order valence-corrected chi connectivity index (χ4v) is 3.20. The number of anilines is 1. The van der Waals surface area contributed by atoms with Crippen molar-refractivity contribution in [3.05, 3.63) is 89.1 Å². The van der Waals surface area contributed by atoms with E-state index in [0.29, 0.717) is 23.9 Å². The zero-order chi connectivity index (χ0) is 21.5. The van der Waals surface area contributed by atoms with Gasteiger partial charge in [-0.2, -0.15) is 5.10 Å². The van der Waals surface area contributed by atoms with Gasteiger partial charge in [-0.3, -0.25) is 5.43 Å². The number of para-hydroxylation sites is 2. The standard InChI is InChI=1S/C24H21ClN4O2/c1-30-22-15-18(11-12-21(22)31-14-13-17-7-3-2-4-8-17)16-26-29-24-23(25)27-19-9-5-6-10-20(19)28-24/h2-12,15-16H,13-14H2,1H3,(H,28,29)/b26-16+. The van der Waals surface area contributed by atoms with Gasteiger partial charge in [-0.1, -0.05) is 54.1 Å². The summed E-state index contributed by atoms with van der Waals surface area (Å²) in [4.78, 5) is 8.77. The molecule has 6 nitrogen and oxygen atoms in total. The van der Waals surface area contributed by atoms with Gasteiger partial charge in [-0.25, -0.2) is 9.97 Å². The normalized spacial score (nSPS) is 11.0. The monoisotopic (exact) mass is 432 g/mol. The summed E-state index contributed by atoms with van der Waals surface area (Å²) >= 11 is 6.20. The molecule has 0 aliphatic rings. The third kappa shape index (κ3) is 5.29. The van der Waals surface area contributed by atoms with Crippen LogP contribution in [0.2, 0.25) is 5.15 Å². The van der Waals surface area contributed by atoms with E-state index in [1.165, 1.54) is 5.56 Å². The Morgan fingerprint density at radius 1 is 0.935 bits per heavy atom. The molecule has 0 aliphatic carbocycles. The number of methoxy groups -OCH3 is 1. The third-order valence-corrected chi connectivity index (χ3v) is 4.85. The molecule has 0 saturated heterocycles. The van der Waals surface area contributed by atoms with Gasteiger partial charge in [0.05, 0.1) is 31.0 Å². The molecule has 7 heteroatoms. The molecule has 1 N–H and O–H groups in total. The van der Waals surface area contributed by atoms with Crippen LogP contribution in [0.3, 0.4) is 0 Å². The molecule has 0 bridgehead atoms. The minimum absolute atomic E-state index is 0.260. The number of ether oxygens (including phenoxy) is 2. The van der Waals surface area contributed by atoms with Crippen LogP contribution >= 0.6 is 11.6 Å². The van der Waals surface area contributed by atoms with Crippen molar-refractivity contribution in [2.24, 2.45) is 5.10 Å². The van der Waals surface area contributed by atoms with Gasteiger partial charge in [0.1, 0.15) is 0 Å². The van der Waals surface area contributed by atoms with E-state index in [9.17, 15) is 0 Å². The van der Waals surface area contributed by atoms with E-state index >= 15 is 0 Å². The third-order valence-electron chi connectivity index (χ3n) is 4.59. The second-order valence-electron chi connectivity index (χ2n) is 6.72. The van der Waals surface area contributed by atoms with Crippen molar-refractivity contribution in [2.75, 3.05) is 19.1 Å². The highest BCUT2D eigenvalue weighted by Gasteiger charge is 2.07. The fraction of sp³-hybridized carbons (Fsp3) is 0.125. The highest BCUT2D eigenvalue weighted by Crippen LogP contribution is 2.28. The predicted octanol–water partition coefficient (Wildman–Crippen LogP) is 5.36. The molecule has 4 rings (SSSR count). The summed E-state index contributed by atoms with van der Waals surface area (Å²) < 4.78 is 11.4. The maximum Gasteiger partial charge on any atom is 0.185 e. The van der Waals surface area contributed by atoms with Crippen molar-refractivity contribution in [2.45, 2.75) is 6.42 Å². The van der Waals surface area contributed by atoms with Crippen LogP contribution in [0.4, 0.5) is 5.82 Å². The number of aromatic nitrogens is 2. The second-order valence-corrected chi connectivity index (χ2v) is 7.07. The van der Waals surface area contributed by atoms with Crippen molar-refractivity contribution in [3.63, 3.8) is 0 Å². The molecule has 3 aromatic carbocycles. The van der Waals surface area contributed by atoms with Crippen molar-refractivity contribution < 1.29 is 9.47 Å². The number of hydrogen-bond donors (Lipinski definition) is 1. The van der Waals surface area contributed by atoms with Gasteiger partial charge in [0.2, 0.25) is 0 Å². The number of fused-ring (bicyclic) bond motifs is 1. The van der Waals surface area contributed by atoms with Crippen LogP contribution in [-0.2, 0) is 6.42 Å². The fourth-order valence-electron chi connectivity index (χ4n) is 3.02. The number of halogens is 1. The van der Waals surface area contributed by atoms with Crippen LogP contribution in [0.15, 0.2) is 77.9 Å². The number of benzene rings is 3. The van der Waals surface area contributed by atoms with Crippen molar-refractivity contribution >= 4 is 34.7 Å². The summed E-state index contributed by atoms with van der Waals surface area (Å²) in [6.07, 6.45) is 2.48. The lowest BCUT2D eigenvalue weighted by Gasteiger charge is -2.11. The van der Waals surface area contributed by atoms with Crippen molar-refractivity contribution in [3.8, 4) is 11.5 Å². The molecule has 0 fully saturated rings. The molecule has 0 amide bonds. The Bertz CT molecular complexity index is 1200. The molecule has 0 radical (unpaired) electrons. The Hall–Kier alpha value is -3.64. The first-order valence-corrected chi connectivity index (χ1v) is 10.2. The van der Waals surface area contributed by atoms with Gasteiger partial charge in [0, 0.05) is 6.42 Å². The Morgan fingerprint density at radius 3 is 2.45 bits per heavy atom. The Balaban J connectivity index is 1.40. The van der Waals surface area contributed by atoms with E-state index in [0.717, 1.165) is 23.0 Å². The van der Waals surface area contributed by atoms with Gasteiger partial charge in [-0.05, 0) is 41.5 Å². The van der Waals surface area contributed by atoms with Crippen LogP contribution < -0.4 is 14.9 Å². The molecule has 0 aliphatic heterocycles. The highest BCUT2D eigenvalue weighted by molar-refractivity contribution is 6.32. The molecule has 31 heavy (non-hydrogen) atoms. The average molecular weight is 433 g/mol. The second kappa shape index (κ2) is 9.91. The molecular formula is C24H21ClN4O2. The summed E-state index contributed by atoms with van der Waals surface area (Å²) in [5.41, 5.74) is 6.39. The lowest BCUT2D eigenvalue weighted by molar-refractivity contribution is 0.297. The number of nitrogens with zero attached hydrogens (tertiary/aromatic N) is 3. The van der Waals surface area contributed by atoms with Crippen LogP contribution in [0.5, 0.6) is 11.5 Å². The molecular weight excluding hydrogens is 412 g/mol. The number of nitrogens with one attached hydrogen (secondary N) is 1. The first-order chi connectivity index (χ1) is 15.2. The lowest BCUT2D eigenvalue weighted by Crippen LogP contribution is -2.03. The van der Waals surface area contributed by atoms with E-state index in [1.807, 2.05) is 60.7 Å². The van der Waals surface area contributed by atoms with Gasteiger partial charge in [0.25, 0.3) is 0 Å². The number of hydrogen-bond acceptors (Lipinski definition) is 6. The predicted molar refractivity (Wildman–Crippen MR) is 124 cm³/mol. The molecule has 0 unspecified atom stereocenters. The summed E-state index contributed by atoms with van der Waals surface area (Å²) in [5.74, 6) is 1.72. The molecule has 1 heterocycles. The topological polar surface area (TPSA) is 68.6 Å². The van der Waals surface area contributed by atoms with E-state index in [-0.39, 0.29) is 5.15 Å². The quantitative estimate of drug-likeness (QED) is 0.300. The molecule has 0 atom stereocenters. The Morgan fingerprint density at radius 2 is 1.68 bits per heavy atom. The van der Waals surface area contributed by atoms with Crippen LogP contribution in [0.1, 0.15) is 11.1 Å². The summed E-state index contributed by atoms with van der Waals surface area (Å²) in [6.45, 7) is 0.564. The minimum atomic E-state index is 0.260.